The Hall–Kier alpha value is -4.13. The quantitative estimate of drug-likeness (QED) is 0.519. The Bertz CT molecular complexity index is 1010. The molecule has 0 aromatic heterocycles. The van der Waals surface area contributed by atoms with Gasteiger partial charge in [0.15, 0.2) is 6.04 Å². The smallest absolute Gasteiger partial charge is 0.408 e. The summed E-state index contributed by atoms with van der Waals surface area (Å²) in [7, 11) is 0. The van der Waals surface area contributed by atoms with Crippen molar-refractivity contribution in [2.75, 3.05) is 0 Å². The molecule has 0 spiro atoms. The average molecular weight is 418 g/mol. The Balaban J connectivity index is 1.74. The van der Waals surface area contributed by atoms with Crippen LogP contribution in [0.15, 0.2) is 91.0 Å². The van der Waals surface area contributed by atoms with Crippen LogP contribution in [0, 0.1) is 0 Å². The predicted molar refractivity (Wildman–Crippen MR) is 114 cm³/mol. The largest absolute Gasteiger partial charge is 0.479 e. The van der Waals surface area contributed by atoms with Gasteiger partial charge in [0.25, 0.3) is 0 Å². The van der Waals surface area contributed by atoms with Gasteiger partial charge in [0.1, 0.15) is 12.6 Å². The summed E-state index contributed by atoms with van der Waals surface area (Å²) in [5, 5.41) is 14.6. The lowest BCUT2D eigenvalue weighted by Gasteiger charge is -2.22. The lowest BCUT2D eigenvalue weighted by Crippen LogP contribution is -2.43. The molecule has 2 atom stereocenters. The van der Waals surface area contributed by atoms with E-state index in [9.17, 15) is 19.5 Å². The highest BCUT2D eigenvalue weighted by Crippen LogP contribution is 2.18. The van der Waals surface area contributed by atoms with Gasteiger partial charge in [-0.05, 0) is 16.7 Å². The van der Waals surface area contributed by atoms with E-state index in [0.717, 1.165) is 5.56 Å². The molecular formula is C24H22N2O5. The molecule has 0 saturated carbocycles. The van der Waals surface area contributed by atoms with Crippen molar-refractivity contribution in [2.24, 2.45) is 0 Å². The normalized spacial score (nSPS) is 12.3. The number of alkyl carbamates (subject to hydrolysis) is 1. The number of nitrogens with one attached hydrogen (secondary N) is 2. The van der Waals surface area contributed by atoms with Crippen LogP contribution in [0.5, 0.6) is 0 Å². The van der Waals surface area contributed by atoms with Crippen LogP contribution in [0.2, 0.25) is 0 Å². The van der Waals surface area contributed by atoms with Gasteiger partial charge >= 0.3 is 12.1 Å². The summed E-state index contributed by atoms with van der Waals surface area (Å²) < 4.78 is 5.22. The maximum Gasteiger partial charge on any atom is 0.408 e. The van der Waals surface area contributed by atoms with Crippen molar-refractivity contribution in [1.29, 1.82) is 0 Å². The number of rotatable bonds is 8. The van der Waals surface area contributed by atoms with E-state index in [4.69, 9.17) is 4.74 Å². The Kier molecular flexibility index (Phi) is 7.37. The van der Waals surface area contributed by atoms with Crippen LogP contribution in [-0.4, -0.2) is 23.1 Å². The van der Waals surface area contributed by atoms with Crippen molar-refractivity contribution in [3.63, 3.8) is 0 Å². The number of ether oxygens (including phenoxy) is 1. The van der Waals surface area contributed by atoms with Gasteiger partial charge < -0.3 is 20.5 Å². The fourth-order valence-corrected chi connectivity index (χ4v) is 2.99. The predicted octanol–water partition coefficient (Wildman–Crippen LogP) is 3.60. The van der Waals surface area contributed by atoms with Gasteiger partial charge in [-0.15, -0.1) is 0 Å². The molecule has 158 valence electrons. The molecule has 0 bridgehead atoms. The third kappa shape index (κ3) is 6.17. The number of benzene rings is 3. The zero-order valence-electron chi connectivity index (χ0n) is 16.6. The van der Waals surface area contributed by atoms with Crippen molar-refractivity contribution in [1.82, 2.24) is 10.6 Å². The summed E-state index contributed by atoms with van der Waals surface area (Å²) in [5.41, 5.74) is 1.71. The van der Waals surface area contributed by atoms with E-state index in [1.165, 1.54) is 0 Å². The Morgan fingerprint density at radius 1 is 0.710 bits per heavy atom. The first-order valence-electron chi connectivity index (χ1n) is 9.65. The van der Waals surface area contributed by atoms with Crippen LogP contribution >= 0.6 is 0 Å². The summed E-state index contributed by atoms with van der Waals surface area (Å²) in [6.45, 7) is 0.0393. The van der Waals surface area contributed by atoms with E-state index in [2.05, 4.69) is 10.6 Å². The summed E-state index contributed by atoms with van der Waals surface area (Å²) in [6, 6.07) is 23.6. The number of hydrogen-bond acceptors (Lipinski definition) is 4. The number of carboxylic acid groups (broad SMARTS) is 1. The van der Waals surface area contributed by atoms with Crippen LogP contribution in [0.1, 0.15) is 28.8 Å². The third-order valence-corrected chi connectivity index (χ3v) is 4.54. The van der Waals surface area contributed by atoms with Gasteiger partial charge in [-0.1, -0.05) is 91.0 Å². The van der Waals surface area contributed by atoms with E-state index in [1.807, 2.05) is 30.3 Å². The third-order valence-electron chi connectivity index (χ3n) is 4.54. The van der Waals surface area contributed by atoms with Crippen LogP contribution < -0.4 is 10.6 Å². The van der Waals surface area contributed by atoms with E-state index < -0.39 is 30.1 Å². The minimum atomic E-state index is -1.26. The van der Waals surface area contributed by atoms with Crippen molar-refractivity contribution < 1.29 is 24.2 Å². The Morgan fingerprint density at radius 3 is 1.71 bits per heavy atom. The SMILES string of the molecule is O=C(N[C@@H](C(=O)N[C@@H](C(=O)O)c1ccccc1)c1ccccc1)OCc1ccccc1. The molecule has 0 fully saturated rings. The monoisotopic (exact) mass is 418 g/mol. The minimum Gasteiger partial charge on any atom is -0.479 e. The highest BCUT2D eigenvalue weighted by molar-refractivity contribution is 5.90. The summed E-state index contributed by atoms with van der Waals surface area (Å²) in [5.74, 6) is -1.88. The molecule has 31 heavy (non-hydrogen) atoms. The van der Waals surface area contributed by atoms with E-state index >= 15 is 0 Å². The first kappa shape index (κ1) is 21.6. The average Bonchev–Trinajstić information content (AvgIpc) is 2.81. The second kappa shape index (κ2) is 10.6. The second-order valence-electron chi connectivity index (χ2n) is 6.74. The number of amides is 2. The van der Waals surface area contributed by atoms with Crippen LogP contribution in [0.4, 0.5) is 4.79 Å². The molecule has 3 N–H and O–H groups in total. The van der Waals surface area contributed by atoms with Gasteiger partial charge in [-0.25, -0.2) is 9.59 Å². The fourth-order valence-electron chi connectivity index (χ4n) is 2.99. The van der Waals surface area contributed by atoms with Crippen LogP contribution in [0.25, 0.3) is 0 Å². The topological polar surface area (TPSA) is 105 Å². The molecule has 7 heteroatoms. The lowest BCUT2D eigenvalue weighted by atomic mass is 10.0. The summed E-state index contributed by atoms with van der Waals surface area (Å²) in [4.78, 5) is 37.1. The zero-order valence-corrected chi connectivity index (χ0v) is 16.6. The Labute approximate surface area is 179 Å². The molecule has 3 aromatic carbocycles. The van der Waals surface area contributed by atoms with E-state index in [-0.39, 0.29) is 6.61 Å². The minimum absolute atomic E-state index is 0.0393. The lowest BCUT2D eigenvalue weighted by molar-refractivity contribution is -0.142. The van der Waals surface area contributed by atoms with Gasteiger partial charge in [-0.3, -0.25) is 4.79 Å². The molecule has 0 saturated heterocycles. The second-order valence-corrected chi connectivity index (χ2v) is 6.74. The van der Waals surface area contributed by atoms with Crippen LogP contribution in [-0.2, 0) is 20.9 Å². The van der Waals surface area contributed by atoms with Crippen molar-refractivity contribution in [2.45, 2.75) is 18.7 Å². The van der Waals surface area contributed by atoms with Gasteiger partial charge in [0, 0.05) is 0 Å². The highest BCUT2D eigenvalue weighted by Gasteiger charge is 2.29. The van der Waals surface area contributed by atoms with E-state index in [1.54, 1.807) is 60.7 Å². The standard InChI is InChI=1S/C24H22N2O5/c27-22(25-21(23(28)29)19-14-8-3-9-15-19)20(18-12-6-2-7-13-18)26-24(30)31-16-17-10-4-1-5-11-17/h1-15,20-21H,16H2,(H,25,27)(H,26,30)(H,28,29)/t20-,21-/m1/s1. The Morgan fingerprint density at radius 2 is 1.19 bits per heavy atom. The highest BCUT2D eigenvalue weighted by atomic mass is 16.5. The molecule has 0 aliphatic heterocycles. The zero-order chi connectivity index (χ0) is 22.1. The molecule has 3 rings (SSSR count). The van der Waals surface area contributed by atoms with Gasteiger partial charge in [-0.2, -0.15) is 0 Å². The van der Waals surface area contributed by atoms with Gasteiger partial charge in [0.05, 0.1) is 0 Å². The van der Waals surface area contributed by atoms with Crippen molar-refractivity contribution >= 4 is 18.0 Å². The molecule has 7 nitrogen and oxygen atoms in total. The first-order chi connectivity index (χ1) is 15.0. The molecule has 0 aliphatic rings. The van der Waals surface area contributed by atoms with Crippen LogP contribution in [0.3, 0.4) is 0 Å². The summed E-state index contributed by atoms with van der Waals surface area (Å²) in [6.07, 6.45) is -0.792. The van der Waals surface area contributed by atoms with E-state index in [0.29, 0.717) is 11.1 Å². The molecule has 0 aliphatic carbocycles. The number of carbonyl (C=O) groups is 3. The number of hydrogen-bond donors (Lipinski definition) is 3. The maximum absolute atomic E-state index is 13.0. The number of carbonyl (C=O) groups excluding carboxylic acids is 2. The molecule has 0 heterocycles. The van der Waals surface area contributed by atoms with Crippen molar-refractivity contribution in [3.8, 4) is 0 Å². The first-order valence-corrected chi connectivity index (χ1v) is 9.65. The van der Waals surface area contributed by atoms with Gasteiger partial charge in [0.2, 0.25) is 5.91 Å². The van der Waals surface area contributed by atoms with Crippen molar-refractivity contribution in [3.05, 3.63) is 108 Å². The summed E-state index contributed by atoms with van der Waals surface area (Å²) >= 11 is 0. The number of aliphatic carboxylic acids is 1. The number of carboxylic acids is 1. The molecule has 0 radical (unpaired) electrons. The molecule has 3 aromatic rings. The molecular weight excluding hydrogens is 396 g/mol. The fraction of sp³-hybridized carbons (Fsp3) is 0.125. The molecule has 0 unspecified atom stereocenters. The maximum atomic E-state index is 13.0. The molecule has 2 amide bonds.